The predicted molar refractivity (Wildman–Crippen MR) is 90.2 cm³/mol. The molecule has 3 heterocycles. The van der Waals surface area contributed by atoms with E-state index in [2.05, 4.69) is 25.1 Å². The lowest BCUT2D eigenvalue weighted by atomic mass is 10.2. The second kappa shape index (κ2) is 6.72. The zero-order chi connectivity index (χ0) is 17.3. The highest BCUT2D eigenvalue weighted by Crippen LogP contribution is 2.35. The number of aryl methyl sites for hydroxylation is 2. The lowest BCUT2D eigenvalue weighted by Gasteiger charge is -2.25. The number of nitrogens with zero attached hydrogens (tertiary/aromatic N) is 5. The molecule has 8 heteroatoms. The Labute approximate surface area is 140 Å². The van der Waals surface area contributed by atoms with Crippen molar-refractivity contribution in [2.75, 3.05) is 18.6 Å². The van der Waals surface area contributed by atoms with Crippen molar-refractivity contribution in [2.24, 2.45) is 0 Å². The molecule has 0 saturated carbocycles. The fraction of sp³-hybridized carbons (Fsp3) is 0.625. The van der Waals surface area contributed by atoms with Gasteiger partial charge in [-0.05, 0) is 13.8 Å². The molecule has 8 nitrogen and oxygen atoms in total. The molecule has 130 valence electrons. The van der Waals surface area contributed by atoms with Gasteiger partial charge in [-0.3, -0.25) is 4.57 Å². The quantitative estimate of drug-likeness (QED) is 0.885. The van der Waals surface area contributed by atoms with Gasteiger partial charge in [-0.1, -0.05) is 6.92 Å². The van der Waals surface area contributed by atoms with E-state index < -0.39 is 0 Å². The van der Waals surface area contributed by atoms with E-state index in [1.165, 1.54) is 0 Å². The smallest absolute Gasteiger partial charge is 0.343 e. The number of aromatic amines is 1. The van der Waals surface area contributed by atoms with Crippen LogP contribution in [0, 0.1) is 6.92 Å². The molecular weight excluding hydrogens is 308 g/mol. The van der Waals surface area contributed by atoms with Crippen LogP contribution in [0.1, 0.15) is 43.7 Å². The summed E-state index contributed by atoms with van der Waals surface area (Å²) in [5.74, 6) is 2.41. The average Bonchev–Trinajstić information content (AvgIpc) is 3.17. The number of hydrogen-bond acceptors (Lipinski definition) is 6. The van der Waals surface area contributed by atoms with Crippen LogP contribution in [-0.2, 0) is 17.7 Å². The van der Waals surface area contributed by atoms with Crippen LogP contribution in [0.4, 0.5) is 5.82 Å². The van der Waals surface area contributed by atoms with Gasteiger partial charge in [0, 0.05) is 44.8 Å². The van der Waals surface area contributed by atoms with Crippen molar-refractivity contribution < 1.29 is 4.74 Å². The number of ether oxygens (including phenoxy) is 1. The number of anilines is 1. The summed E-state index contributed by atoms with van der Waals surface area (Å²) in [4.78, 5) is 23.2. The topological polar surface area (TPSA) is 88.9 Å². The van der Waals surface area contributed by atoms with E-state index in [0.29, 0.717) is 13.1 Å². The Hall–Kier alpha value is -2.22. The molecule has 0 aliphatic carbocycles. The van der Waals surface area contributed by atoms with E-state index in [1.54, 1.807) is 11.7 Å². The molecule has 1 N–H and O–H groups in total. The zero-order valence-corrected chi connectivity index (χ0v) is 14.6. The van der Waals surface area contributed by atoms with Crippen molar-refractivity contribution in [3.63, 3.8) is 0 Å². The molecule has 0 radical (unpaired) electrons. The summed E-state index contributed by atoms with van der Waals surface area (Å²) in [6.07, 6.45) is 1.63. The molecule has 0 unspecified atom stereocenters. The molecule has 0 aromatic carbocycles. The first-order valence-corrected chi connectivity index (χ1v) is 8.36. The van der Waals surface area contributed by atoms with Crippen LogP contribution in [0.15, 0.2) is 10.9 Å². The van der Waals surface area contributed by atoms with Crippen LogP contribution < -0.4 is 10.6 Å². The van der Waals surface area contributed by atoms with Gasteiger partial charge in [-0.2, -0.15) is 5.10 Å². The maximum absolute atomic E-state index is 11.9. The minimum absolute atomic E-state index is 0.0483. The average molecular weight is 332 g/mol. The molecule has 1 aliphatic heterocycles. The molecule has 2 atom stereocenters. The van der Waals surface area contributed by atoms with E-state index in [1.807, 2.05) is 26.8 Å². The van der Waals surface area contributed by atoms with Crippen molar-refractivity contribution >= 4 is 5.82 Å². The number of aromatic nitrogens is 5. The van der Waals surface area contributed by atoms with Gasteiger partial charge < -0.3 is 9.64 Å². The number of hydrogen-bond donors (Lipinski definition) is 1. The van der Waals surface area contributed by atoms with E-state index in [0.717, 1.165) is 36.0 Å². The third-order valence-corrected chi connectivity index (χ3v) is 4.50. The largest absolute Gasteiger partial charge is 0.380 e. The van der Waals surface area contributed by atoms with Crippen LogP contribution in [0.3, 0.4) is 0 Å². The van der Waals surface area contributed by atoms with Gasteiger partial charge in [0.2, 0.25) is 0 Å². The normalized spacial score (nSPS) is 20.8. The number of nitrogens with one attached hydrogen (secondary N) is 1. The van der Waals surface area contributed by atoms with Crippen LogP contribution in [0.2, 0.25) is 0 Å². The second-order valence-electron chi connectivity index (χ2n) is 6.03. The van der Waals surface area contributed by atoms with Crippen molar-refractivity contribution in [1.82, 2.24) is 24.7 Å². The minimum atomic E-state index is -0.179. The van der Waals surface area contributed by atoms with E-state index >= 15 is 0 Å². The van der Waals surface area contributed by atoms with Gasteiger partial charge in [0.1, 0.15) is 11.6 Å². The zero-order valence-electron chi connectivity index (χ0n) is 14.6. The Kier molecular flexibility index (Phi) is 4.66. The monoisotopic (exact) mass is 332 g/mol. The number of H-pyrrole nitrogens is 1. The summed E-state index contributed by atoms with van der Waals surface area (Å²) in [5.41, 5.74) is 0.757. The third-order valence-electron chi connectivity index (χ3n) is 4.50. The van der Waals surface area contributed by atoms with Gasteiger partial charge in [0.05, 0.1) is 12.1 Å². The molecule has 0 spiro atoms. The van der Waals surface area contributed by atoms with Gasteiger partial charge in [-0.25, -0.2) is 19.9 Å². The Bertz CT molecular complexity index is 768. The van der Waals surface area contributed by atoms with Crippen molar-refractivity contribution in [1.29, 1.82) is 0 Å². The first-order valence-electron chi connectivity index (χ1n) is 8.36. The van der Waals surface area contributed by atoms with E-state index in [4.69, 9.17) is 4.74 Å². The summed E-state index contributed by atoms with van der Waals surface area (Å²) in [7, 11) is 1.71. The lowest BCUT2D eigenvalue weighted by molar-refractivity contribution is 0.118. The van der Waals surface area contributed by atoms with Crippen molar-refractivity contribution in [2.45, 2.75) is 52.3 Å². The Morgan fingerprint density at radius 1 is 1.38 bits per heavy atom. The maximum Gasteiger partial charge on any atom is 0.343 e. The molecule has 1 saturated heterocycles. The van der Waals surface area contributed by atoms with Crippen LogP contribution in [0.5, 0.6) is 0 Å². The minimum Gasteiger partial charge on any atom is -0.380 e. The predicted octanol–water partition coefficient (Wildman–Crippen LogP) is 1.22. The Balaban J connectivity index is 2.03. The Morgan fingerprint density at radius 2 is 2.17 bits per heavy atom. The summed E-state index contributed by atoms with van der Waals surface area (Å²) < 4.78 is 7.24. The highest BCUT2D eigenvalue weighted by molar-refractivity contribution is 5.44. The summed E-state index contributed by atoms with van der Waals surface area (Å²) in [6, 6.07) is 1.93. The molecule has 2 aromatic heterocycles. The Morgan fingerprint density at radius 3 is 2.83 bits per heavy atom. The first kappa shape index (κ1) is 16.6. The second-order valence-corrected chi connectivity index (χ2v) is 6.03. The van der Waals surface area contributed by atoms with E-state index in [-0.39, 0.29) is 17.8 Å². The molecule has 3 rings (SSSR count). The SMILES string of the molecule is CCc1nc(C)cc(N2C[C@@H](OC)C[C@H]2c2n[nH]c(=O)n2CC)n1. The van der Waals surface area contributed by atoms with Crippen LogP contribution in [-0.4, -0.2) is 44.5 Å². The van der Waals surface area contributed by atoms with Gasteiger partial charge in [0.25, 0.3) is 0 Å². The summed E-state index contributed by atoms with van der Waals surface area (Å²) in [6.45, 7) is 7.25. The molecule has 2 aromatic rings. The van der Waals surface area contributed by atoms with E-state index in [9.17, 15) is 4.79 Å². The van der Waals surface area contributed by atoms with Gasteiger partial charge in [0.15, 0.2) is 5.82 Å². The molecule has 0 amide bonds. The van der Waals surface area contributed by atoms with Crippen LogP contribution >= 0.6 is 0 Å². The van der Waals surface area contributed by atoms with Gasteiger partial charge in [-0.15, -0.1) is 0 Å². The van der Waals surface area contributed by atoms with Crippen molar-refractivity contribution in [3.8, 4) is 0 Å². The lowest BCUT2D eigenvalue weighted by Crippen LogP contribution is -2.29. The molecule has 24 heavy (non-hydrogen) atoms. The summed E-state index contributed by atoms with van der Waals surface area (Å²) >= 11 is 0. The summed E-state index contributed by atoms with van der Waals surface area (Å²) in [5, 5.41) is 6.82. The first-order chi connectivity index (χ1) is 11.6. The molecular formula is C16H24N6O2. The maximum atomic E-state index is 11.9. The molecule has 0 bridgehead atoms. The highest BCUT2D eigenvalue weighted by Gasteiger charge is 2.37. The fourth-order valence-corrected chi connectivity index (χ4v) is 3.27. The highest BCUT2D eigenvalue weighted by atomic mass is 16.5. The van der Waals surface area contributed by atoms with Crippen molar-refractivity contribution in [3.05, 3.63) is 33.9 Å². The molecule has 1 aliphatic rings. The third kappa shape index (κ3) is 2.93. The number of methoxy groups -OCH3 is 1. The fourth-order valence-electron chi connectivity index (χ4n) is 3.27. The number of rotatable bonds is 5. The standard InChI is InChI=1S/C16H24N6O2/c1-5-13-17-10(3)7-14(18-13)22-9-11(24-4)8-12(22)15-19-20-16(23)21(15)6-2/h7,11-12H,5-6,8-9H2,1-4H3,(H,20,23)/t11-,12-/m0/s1. The molecule has 1 fully saturated rings. The van der Waals surface area contributed by atoms with Gasteiger partial charge >= 0.3 is 5.69 Å². The van der Waals surface area contributed by atoms with Crippen LogP contribution in [0.25, 0.3) is 0 Å².